The first-order valence-corrected chi connectivity index (χ1v) is 7.25. The number of aromatic nitrogens is 1. The number of benzene rings is 2. The zero-order valence-corrected chi connectivity index (χ0v) is 13.0. The summed E-state index contributed by atoms with van der Waals surface area (Å²) in [7, 11) is 3.43. The predicted octanol–water partition coefficient (Wildman–Crippen LogP) is 3.26. The third-order valence-electron chi connectivity index (χ3n) is 3.84. The molecule has 118 valence electrons. The first-order valence-electron chi connectivity index (χ1n) is 7.25. The maximum Gasteiger partial charge on any atom is 0.268 e. The standard InChI is InChI=1S/C18H17FN2O2/c1-21-15-7-4-8-17(23-2)14(15)10-16(21)18(22)20-11-12-5-3-6-13(19)9-12/h3-10H,11H2,1-2H3,(H,20,22). The first kappa shape index (κ1) is 15.1. The van der Waals surface area contributed by atoms with Gasteiger partial charge in [0.2, 0.25) is 0 Å². The molecule has 0 unspecified atom stereocenters. The van der Waals surface area contributed by atoms with Gasteiger partial charge in [0.25, 0.3) is 5.91 Å². The van der Waals surface area contributed by atoms with E-state index in [1.807, 2.05) is 29.8 Å². The van der Waals surface area contributed by atoms with Gasteiger partial charge in [-0.1, -0.05) is 18.2 Å². The Bertz CT molecular complexity index is 871. The Morgan fingerprint density at radius 3 is 2.74 bits per heavy atom. The summed E-state index contributed by atoms with van der Waals surface area (Å²) in [4.78, 5) is 12.4. The molecular weight excluding hydrogens is 295 g/mol. The summed E-state index contributed by atoms with van der Waals surface area (Å²) in [5.41, 5.74) is 2.16. The molecule has 0 radical (unpaired) electrons. The summed E-state index contributed by atoms with van der Waals surface area (Å²) in [6.45, 7) is 0.273. The van der Waals surface area contributed by atoms with Crippen LogP contribution in [0, 0.1) is 5.82 Å². The van der Waals surface area contributed by atoms with Crippen LogP contribution in [0.1, 0.15) is 16.1 Å². The van der Waals surface area contributed by atoms with Crippen LogP contribution in [0.4, 0.5) is 4.39 Å². The van der Waals surface area contributed by atoms with Crippen LogP contribution in [0.25, 0.3) is 10.9 Å². The van der Waals surface area contributed by atoms with Gasteiger partial charge in [0, 0.05) is 19.0 Å². The van der Waals surface area contributed by atoms with Gasteiger partial charge in [-0.05, 0) is 35.9 Å². The highest BCUT2D eigenvalue weighted by atomic mass is 19.1. The van der Waals surface area contributed by atoms with E-state index in [1.54, 1.807) is 25.3 Å². The number of carbonyl (C=O) groups excluding carboxylic acids is 1. The number of ether oxygens (including phenoxy) is 1. The molecule has 0 saturated heterocycles. The van der Waals surface area contributed by atoms with Crippen molar-refractivity contribution in [1.82, 2.24) is 9.88 Å². The average Bonchev–Trinajstić information content (AvgIpc) is 2.90. The summed E-state index contributed by atoms with van der Waals surface area (Å²) in [6, 6.07) is 13.7. The molecule has 3 aromatic rings. The minimum atomic E-state index is -0.314. The number of hydrogen-bond donors (Lipinski definition) is 1. The van der Waals surface area contributed by atoms with Crippen molar-refractivity contribution >= 4 is 16.8 Å². The Hall–Kier alpha value is -2.82. The van der Waals surface area contributed by atoms with E-state index in [-0.39, 0.29) is 18.3 Å². The zero-order chi connectivity index (χ0) is 16.4. The Balaban J connectivity index is 1.85. The van der Waals surface area contributed by atoms with Crippen molar-refractivity contribution in [2.75, 3.05) is 7.11 Å². The van der Waals surface area contributed by atoms with E-state index in [0.717, 1.165) is 22.2 Å². The molecule has 0 aliphatic carbocycles. The minimum absolute atomic E-state index is 0.213. The molecule has 0 aliphatic heterocycles. The molecule has 0 bridgehead atoms. The van der Waals surface area contributed by atoms with Gasteiger partial charge in [0.15, 0.2) is 0 Å². The molecule has 1 amide bonds. The van der Waals surface area contributed by atoms with Crippen molar-refractivity contribution in [1.29, 1.82) is 0 Å². The molecule has 5 heteroatoms. The molecule has 3 rings (SSSR count). The van der Waals surface area contributed by atoms with Crippen LogP contribution in [0.3, 0.4) is 0 Å². The number of rotatable bonds is 4. The van der Waals surface area contributed by atoms with Gasteiger partial charge in [-0.3, -0.25) is 4.79 Å². The van der Waals surface area contributed by atoms with Gasteiger partial charge < -0.3 is 14.6 Å². The monoisotopic (exact) mass is 312 g/mol. The topological polar surface area (TPSA) is 43.3 Å². The van der Waals surface area contributed by atoms with Crippen molar-refractivity contribution < 1.29 is 13.9 Å². The Kier molecular flexibility index (Phi) is 4.02. The number of nitrogens with one attached hydrogen (secondary N) is 1. The van der Waals surface area contributed by atoms with Crippen molar-refractivity contribution in [3.63, 3.8) is 0 Å². The van der Waals surface area contributed by atoms with Crippen molar-refractivity contribution in [2.45, 2.75) is 6.54 Å². The molecule has 1 aromatic heterocycles. The third kappa shape index (κ3) is 2.90. The Morgan fingerprint density at radius 2 is 2.00 bits per heavy atom. The van der Waals surface area contributed by atoms with E-state index in [2.05, 4.69) is 5.32 Å². The van der Waals surface area contributed by atoms with Gasteiger partial charge in [-0.2, -0.15) is 0 Å². The number of carbonyl (C=O) groups is 1. The molecule has 4 nitrogen and oxygen atoms in total. The Labute approximate surface area is 133 Å². The summed E-state index contributed by atoms with van der Waals surface area (Å²) in [5.74, 6) is 0.198. The van der Waals surface area contributed by atoms with E-state index < -0.39 is 0 Å². The molecule has 0 spiro atoms. The maximum absolute atomic E-state index is 13.2. The van der Waals surface area contributed by atoms with Crippen molar-refractivity contribution in [3.05, 3.63) is 65.6 Å². The molecule has 1 heterocycles. The molecule has 0 aliphatic rings. The average molecular weight is 312 g/mol. The fraction of sp³-hybridized carbons (Fsp3) is 0.167. The van der Waals surface area contributed by atoms with E-state index in [4.69, 9.17) is 4.74 Å². The van der Waals surface area contributed by atoms with E-state index in [1.165, 1.54) is 12.1 Å². The molecule has 23 heavy (non-hydrogen) atoms. The lowest BCUT2D eigenvalue weighted by Gasteiger charge is -2.07. The van der Waals surface area contributed by atoms with E-state index in [9.17, 15) is 9.18 Å². The highest BCUT2D eigenvalue weighted by Gasteiger charge is 2.15. The summed E-state index contributed by atoms with van der Waals surface area (Å²) < 4.78 is 20.3. The number of aryl methyl sites for hydroxylation is 1. The SMILES string of the molecule is COc1cccc2c1cc(C(=O)NCc1cccc(F)c1)n2C. The first-order chi connectivity index (χ1) is 11.1. The molecule has 0 atom stereocenters. The lowest BCUT2D eigenvalue weighted by Crippen LogP contribution is -2.24. The van der Waals surface area contributed by atoms with Gasteiger partial charge in [0.1, 0.15) is 17.3 Å². The van der Waals surface area contributed by atoms with Gasteiger partial charge >= 0.3 is 0 Å². The fourth-order valence-corrected chi connectivity index (χ4v) is 2.65. The van der Waals surface area contributed by atoms with Crippen LogP contribution >= 0.6 is 0 Å². The predicted molar refractivity (Wildman–Crippen MR) is 87.0 cm³/mol. The third-order valence-corrected chi connectivity index (χ3v) is 3.84. The van der Waals surface area contributed by atoms with Crippen LogP contribution in [0.5, 0.6) is 5.75 Å². The number of methoxy groups -OCH3 is 1. The normalized spacial score (nSPS) is 10.7. The molecule has 0 saturated carbocycles. The van der Waals surface area contributed by atoms with Gasteiger partial charge in [-0.25, -0.2) is 4.39 Å². The summed E-state index contributed by atoms with van der Waals surface area (Å²) in [6.07, 6.45) is 0. The molecule has 0 fully saturated rings. The highest BCUT2D eigenvalue weighted by molar-refractivity contribution is 6.00. The van der Waals surface area contributed by atoms with Crippen LogP contribution in [-0.2, 0) is 13.6 Å². The van der Waals surface area contributed by atoms with Crippen LogP contribution in [-0.4, -0.2) is 17.6 Å². The van der Waals surface area contributed by atoms with Crippen LogP contribution in [0.2, 0.25) is 0 Å². The number of fused-ring (bicyclic) bond motifs is 1. The smallest absolute Gasteiger partial charge is 0.268 e. The summed E-state index contributed by atoms with van der Waals surface area (Å²) in [5, 5.41) is 3.70. The van der Waals surface area contributed by atoms with Crippen LogP contribution in [0.15, 0.2) is 48.5 Å². The summed E-state index contributed by atoms with van der Waals surface area (Å²) >= 11 is 0. The van der Waals surface area contributed by atoms with E-state index in [0.29, 0.717) is 5.69 Å². The van der Waals surface area contributed by atoms with Gasteiger partial charge in [-0.15, -0.1) is 0 Å². The lowest BCUT2D eigenvalue weighted by molar-refractivity contribution is 0.0943. The molecule has 1 N–H and O–H groups in total. The second kappa shape index (κ2) is 6.12. The second-order valence-electron chi connectivity index (χ2n) is 5.29. The molecular formula is C18H17FN2O2. The number of amides is 1. The number of hydrogen-bond acceptors (Lipinski definition) is 2. The largest absolute Gasteiger partial charge is 0.496 e. The lowest BCUT2D eigenvalue weighted by atomic mass is 10.2. The highest BCUT2D eigenvalue weighted by Crippen LogP contribution is 2.28. The number of halogens is 1. The fourth-order valence-electron chi connectivity index (χ4n) is 2.65. The van der Waals surface area contributed by atoms with Gasteiger partial charge in [0.05, 0.1) is 12.6 Å². The van der Waals surface area contributed by atoms with E-state index >= 15 is 0 Å². The zero-order valence-electron chi connectivity index (χ0n) is 13.0. The Morgan fingerprint density at radius 1 is 1.22 bits per heavy atom. The van der Waals surface area contributed by atoms with Crippen LogP contribution < -0.4 is 10.1 Å². The maximum atomic E-state index is 13.2. The van der Waals surface area contributed by atoms with Crippen molar-refractivity contribution in [3.8, 4) is 5.75 Å². The second-order valence-corrected chi connectivity index (χ2v) is 5.29. The number of nitrogens with zero attached hydrogens (tertiary/aromatic N) is 1. The molecule has 2 aromatic carbocycles. The minimum Gasteiger partial charge on any atom is -0.496 e. The van der Waals surface area contributed by atoms with Crippen molar-refractivity contribution in [2.24, 2.45) is 7.05 Å². The quantitative estimate of drug-likeness (QED) is 0.803.